The normalized spacial score (nSPS) is 11.6. The number of benzene rings is 3. The monoisotopic (exact) mass is 483 g/mol. The zero-order valence-electron chi connectivity index (χ0n) is 16.5. The molecule has 0 atom stereocenters. The Kier molecular flexibility index (Phi) is 8.35. The molecule has 3 aromatic carbocycles. The molecule has 0 aliphatic rings. The number of methoxy groups -OCH3 is 1. The zero-order valence-corrected chi connectivity index (χ0v) is 18.9. The number of hydrogen-bond donors (Lipinski definition) is 1. The molecule has 154 valence electrons. The Hall–Kier alpha value is -2.77. The molecule has 0 radical (unpaired) electrons. The highest BCUT2D eigenvalue weighted by atomic mass is 79.9. The highest BCUT2D eigenvalue weighted by Gasteiger charge is 2.10. The summed E-state index contributed by atoms with van der Waals surface area (Å²) < 4.78 is 12.5. The van der Waals surface area contributed by atoms with E-state index in [4.69, 9.17) is 15.2 Å². The summed E-state index contributed by atoms with van der Waals surface area (Å²) in [7, 11) is 1.61. The van der Waals surface area contributed by atoms with Gasteiger partial charge in [0.1, 0.15) is 6.61 Å². The fourth-order valence-electron chi connectivity index (χ4n) is 2.59. The van der Waals surface area contributed by atoms with E-state index in [1.165, 1.54) is 17.3 Å². The van der Waals surface area contributed by atoms with E-state index in [1.54, 1.807) is 13.3 Å². The molecule has 0 amide bonds. The van der Waals surface area contributed by atoms with Crippen molar-refractivity contribution in [2.45, 2.75) is 12.4 Å². The van der Waals surface area contributed by atoms with Crippen LogP contribution in [0.3, 0.4) is 0 Å². The summed E-state index contributed by atoms with van der Waals surface area (Å²) in [5.74, 6) is 1.98. The van der Waals surface area contributed by atoms with Crippen LogP contribution in [0.25, 0.3) is 0 Å². The number of nitrogens with two attached hydrogens (primary N) is 1. The van der Waals surface area contributed by atoms with Gasteiger partial charge in [-0.15, -0.1) is 5.10 Å². The maximum absolute atomic E-state index is 6.03. The average Bonchev–Trinajstić information content (AvgIpc) is 2.78. The van der Waals surface area contributed by atoms with Gasteiger partial charge < -0.3 is 15.2 Å². The molecule has 0 aromatic heterocycles. The second-order valence-corrected chi connectivity index (χ2v) is 8.16. The van der Waals surface area contributed by atoms with E-state index < -0.39 is 0 Å². The predicted octanol–water partition coefficient (Wildman–Crippen LogP) is 5.62. The largest absolute Gasteiger partial charge is 0.493 e. The van der Waals surface area contributed by atoms with Crippen LogP contribution in [0, 0.1) is 0 Å². The lowest BCUT2D eigenvalue weighted by atomic mass is 10.2. The van der Waals surface area contributed by atoms with E-state index in [0.717, 1.165) is 21.4 Å². The SMILES string of the molecule is COc1cccc(C=NN=C(N)SCc2ccccc2)c1OCc1ccc(Br)cc1. The number of ether oxygens (including phenoxy) is 2. The number of rotatable bonds is 8. The van der Waals surface area contributed by atoms with Gasteiger partial charge in [0.25, 0.3) is 0 Å². The van der Waals surface area contributed by atoms with Gasteiger partial charge >= 0.3 is 0 Å². The molecule has 3 rings (SSSR count). The quantitative estimate of drug-likeness (QED) is 0.256. The molecule has 0 aliphatic carbocycles. The Morgan fingerprint density at radius 1 is 1.00 bits per heavy atom. The maximum Gasteiger partial charge on any atom is 0.180 e. The van der Waals surface area contributed by atoms with Crippen molar-refractivity contribution in [3.05, 3.63) is 94.0 Å². The molecule has 0 saturated heterocycles. The molecule has 0 fully saturated rings. The summed E-state index contributed by atoms with van der Waals surface area (Å²) in [6.45, 7) is 0.410. The van der Waals surface area contributed by atoms with Crippen LogP contribution in [0.1, 0.15) is 16.7 Å². The standard InChI is InChI=1S/C23H22BrN3O2S/c1-28-21-9-5-8-19(22(21)29-15-17-10-12-20(24)13-11-17)14-26-27-23(25)30-16-18-6-3-2-4-7-18/h2-14H,15-16H2,1H3,(H2,25,27). The first-order valence-corrected chi connectivity index (χ1v) is 11.0. The van der Waals surface area contributed by atoms with Crippen molar-refractivity contribution >= 4 is 39.1 Å². The first-order valence-electron chi connectivity index (χ1n) is 9.23. The Morgan fingerprint density at radius 2 is 1.77 bits per heavy atom. The topological polar surface area (TPSA) is 69.2 Å². The van der Waals surface area contributed by atoms with Gasteiger partial charge in [-0.3, -0.25) is 0 Å². The van der Waals surface area contributed by atoms with Crippen molar-refractivity contribution in [2.75, 3.05) is 7.11 Å². The fourth-order valence-corrected chi connectivity index (χ4v) is 3.47. The first-order chi connectivity index (χ1) is 14.7. The number of thioether (sulfide) groups is 1. The van der Waals surface area contributed by atoms with Gasteiger partial charge in [-0.1, -0.05) is 76.2 Å². The molecule has 30 heavy (non-hydrogen) atoms. The van der Waals surface area contributed by atoms with E-state index in [-0.39, 0.29) is 0 Å². The summed E-state index contributed by atoms with van der Waals surface area (Å²) in [6.07, 6.45) is 1.62. The van der Waals surface area contributed by atoms with Crippen LogP contribution in [0.15, 0.2) is 87.5 Å². The molecule has 0 spiro atoms. The minimum Gasteiger partial charge on any atom is -0.493 e. The Balaban J connectivity index is 1.67. The minimum absolute atomic E-state index is 0.398. The molecular weight excluding hydrogens is 462 g/mol. The maximum atomic E-state index is 6.03. The number of nitrogens with zero attached hydrogens (tertiary/aromatic N) is 2. The number of halogens is 1. The van der Waals surface area contributed by atoms with Crippen LogP contribution in [0.4, 0.5) is 0 Å². The van der Waals surface area contributed by atoms with Gasteiger partial charge in [0.05, 0.1) is 13.3 Å². The van der Waals surface area contributed by atoms with Crippen LogP contribution in [0.2, 0.25) is 0 Å². The minimum atomic E-state index is 0.398. The number of amidine groups is 1. The molecule has 0 aliphatic heterocycles. The van der Waals surface area contributed by atoms with Gasteiger partial charge in [-0.2, -0.15) is 5.10 Å². The number of hydrogen-bond acceptors (Lipinski definition) is 5. The van der Waals surface area contributed by atoms with Gasteiger partial charge in [0.15, 0.2) is 16.7 Å². The molecule has 2 N–H and O–H groups in total. The van der Waals surface area contributed by atoms with E-state index in [2.05, 4.69) is 38.3 Å². The molecular formula is C23H22BrN3O2S. The second kappa shape index (κ2) is 11.4. The molecule has 7 heteroatoms. The van der Waals surface area contributed by atoms with Crippen LogP contribution >= 0.6 is 27.7 Å². The summed E-state index contributed by atoms with van der Waals surface area (Å²) in [6, 6.07) is 23.7. The molecule has 0 unspecified atom stereocenters. The number of para-hydroxylation sites is 1. The highest BCUT2D eigenvalue weighted by molar-refractivity contribution is 9.10. The Labute approximate surface area is 189 Å². The molecule has 5 nitrogen and oxygen atoms in total. The van der Waals surface area contributed by atoms with E-state index >= 15 is 0 Å². The van der Waals surface area contributed by atoms with Crippen molar-refractivity contribution in [1.29, 1.82) is 0 Å². The third kappa shape index (κ3) is 6.64. The lowest BCUT2D eigenvalue weighted by Gasteiger charge is -2.13. The predicted molar refractivity (Wildman–Crippen MR) is 128 cm³/mol. The van der Waals surface area contributed by atoms with Gasteiger partial charge in [0.2, 0.25) is 0 Å². The van der Waals surface area contributed by atoms with Crippen molar-refractivity contribution < 1.29 is 9.47 Å². The fraction of sp³-hybridized carbons (Fsp3) is 0.130. The van der Waals surface area contributed by atoms with Gasteiger partial charge in [0, 0.05) is 15.8 Å². The molecule has 0 bridgehead atoms. The molecule has 3 aromatic rings. The summed E-state index contributed by atoms with van der Waals surface area (Å²) in [5, 5.41) is 8.61. The van der Waals surface area contributed by atoms with E-state index in [9.17, 15) is 0 Å². The van der Waals surface area contributed by atoms with Crippen LogP contribution < -0.4 is 15.2 Å². The Morgan fingerprint density at radius 3 is 2.50 bits per heavy atom. The first kappa shape index (κ1) is 21.9. The van der Waals surface area contributed by atoms with Crippen LogP contribution in [0.5, 0.6) is 11.5 Å². The molecule has 0 heterocycles. The Bertz CT molecular complexity index is 1010. The summed E-state index contributed by atoms with van der Waals surface area (Å²) in [4.78, 5) is 0. The van der Waals surface area contributed by atoms with Crippen molar-refractivity contribution in [2.24, 2.45) is 15.9 Å². The highest BCUT2D eigenvalue weighted by Crippen LogP contribution is 2.31. The van der Waals surface area contributed by atoms with Crippen LogP contribution in [-0.2, 0) is 12.4 Å². The summed E-state index contributed by atoms with van der Waals surface area (Å²) in [5.41, 5.74) is 8.96. The third-order valence-electron chi connectivity index (χ3n) is 4.11. The van der Waals surface area contributed by atoms with Crippen LogP contribution in [-0.4, -0.2) is 18.5 Å². The lowest BCUT2D eigenvalue weighted by molar-refractivity contribution is 0.284. The van der Waals surface area contributed by atoms with Crippen molar-refractivity contribution in [3.63, 3.8) is 0 Å². The third-order valence-corrected chi connectivity index (χ3v) is 5.49. The zero-order chi connectivity index (χ0) is 21.2. The van der Waals surface area contributed by atoms with Crippen molar-refractivity contribution in [3.8, 4) is 11.5 Å². The van der Waals surface area contributed by atoms with Gasteiger partial charge in [-0.05, 0) is 35.4 Å². The average molecular weight is 484 g/mol. The van der Waals surface area contributed by atoms with E-state index in [1.807, 2.05) is 60.7 Å². The summed E-state index contributed by atoms with van der Waals surface area (Å²) >= 11 is 4.88. The second-order valence-electron chi connectivity index (χ2n) is 6.25. The van der Waals surface area contributed by atoms with E-state index in [0.29, 0.717) is 23.3 Å². The smallest absolute Gasteiger partial charge is 0.180 e. The van der Waals surface area contributed by atoms with Crippen molar-refractivity contribution in [1.82, 2.24) is 0 Å². The van der Waals surface area contributed by atoms with Gasteiger partial charge in [-0.25, -0.2) is 0 Å². The molecule has 0 saturated carbocycles. The lowest BCUT2D eigenvalue weighted by Crippen LogP contribution is -2.06.